The average molecular weight is 228 g/mol. The summed E-state index contributed by atoms with van der Waals surface area (Å²) in [6, 6.07) is 3.71. The normalized spacial score (nSPS) is 12.5. The fourth-order valence-corrected chi connectivity index (χ4v) is 1.89. The molecule has 84 valence electrons. The molecule has 1 aromatic heterocycles. The second-order valence-electron chi connectivity index (χ2n) is 3.85. The van der Waals surface area contributed by atoms with Gasteiger partial charge < -0.3 is 10.2 Å². The SMILES string of the molecule is CNCC(C)CN(C)c1ncccc1Cl. The van der Waals surface area contributed by atoms with Crippen molar-refractivity contribution in [1.29, 1.82) is 0 Å². The molecule has 0 saturated heterocycles. The van der Waals surface area contributed by atoms with Gasteiger partial charge >= 0.3 is 0 Å². The van der Waals surface area contributed by atoms with Gasteiger partial charge in [-0.1, -0.05) is 18.5 Å². The molecule has 1 aromatic rings. The van der Waals surface area contributed by atoms with Crippen LogP contribution in [0.25, 0.3) is 0 Å². The van der Waals surface area contributed by atoms with E-state index in [2.05, 4.69) is 22.1 Å². The van der Waals surface area contributed by atoms with Crippen molar-refractivity contribution >= 4 is 17.4 Å². The van der Waals surface area contributed by atoms with Crippen LogP contribution in [0.3, 0.4) is 0 Å². The monoisotopic (exact) mass is 227 g/mol. The van der Waals surface area contributed by atoms with E-state index in [0.717, 1.165) is 18.9 Å². The molecule has 0 saturated carbocycles. The van der Waals surface area contributed by atoms with Crippen molar-refractivity contribution < 1.29 is 0 Å². The molecule has 0 aliphatic rings. The number of nitrogens with one attached hydrogen (secondary N) is 1. The van der Waals surface area contributed by atoms with Crippen LogP contribution in [0.5, 0.6) is 0 Å². The molecule has 1 unspecified atom stereocenters. The van der Waals surface area contributed by atoms with Gasteiger partial charge in [-0.25, -0.2) is 4.98 Å². The summed E-state index contributed by atoms with van der Waals surface area (Å²) in [5.74, 6) is 1.42. The van der Waals surface area contributed by atoms with Gasteiger partial charge in [0.15, 0.2) is 0 Å². The lowest BCUT2D eigenvalue weighted by molar-refractivity contribution is 0.541. The van der Waals surface area contributed by atoms with E-state index in [1.807, 2.05) is 26.2 Å². The average Bonchev–Trinajstić information content (AvgIpc) is 2.18. The highest BCUT2D eigenvalue weighted by Gasteiger charge is 2.10. The highest BCUT2D eigenvalue weighted by molar-refractivity contribution is 6.32. The molecule has 0 amide bonds. The number of hydrogen-bond acceptors (Lipinski definition) is 3. The van der Waals surface area contributed by atoms with Crippen LogP contribution in [0.15, 0.2) is 18.3 Å². The molecular weight excluding hydrogens is 210 g/mol. The minimum atomic E-state index is 0.568. The van der Waals surface area contributed by atoms with Gasteiger partial charge in [0.25, 0.3) is 0 Å². The molecule has 1 atom stereocenters. The summed E-state index contributed by atoms with van der Waals surface area (Å²) in [5.41, 5.74) is 0. The quantitative estimate of drug-likeness (QED) is 0.835. The molecule has 0 fully saturated rings. The van der Waals surface area contributed by atoms with E-state index < -0.39 is 0 Å². The van der Waals surface area contributed by atoms with E-state index in [1.165, 1.54) is 0 Å². The Labute approximate surface area is 96.5 Å². The Morgan fingerprint density at radius 3 is 2.93 bits per heavy atom. The lowest BCUT2D eigenvalue weighted by Gasteiger charge is -2.22. The molecule has 4 heteroatoms. The third-order valence-electron chi connectivity index (χ3n) is 2.24. The van der Waals surface area contributed by atoms with Crippen molar-refractivity contribution in [2.45, 2.75) is 6.92 Å². The second-order valence-corrected chi connectivity index (χ2v) is 4.26. The Hall–Kier alpha value is -0.800. The maximum absolute atomic E-state index is 6.06. The predicted molar refractivity (Wildman–Crippen MR) is 65.6 cm³/mol. The highest BCUT2D eigenvalue weighted by Crippen LogP contribution is 2.21. The molecule has 3 nitrogen and oxygen atoms in total. The van der Waals surface area contributed by atoms with Crippen molar-refractivity contribution in [3.05, 3.63) is 23.4 Å². The topological polar surface area (TPSA) is 28.2 Å². The van der Waals surface area contributed by atoms with E-state index in [1.54, 1.807) is 6.20 Å². The first-order valence-corrected chi connectivity index (χ1v) is 5.49. The van der Waals surface area contributed by atoms with Gasteiger partial charge in [-0.05, 0) is 31.6 Å². The number of halogens is 1. The molecule has 1 heterocycles. The first kappa shape index (κ1) is 12.3. The Morgan fingerprint density at radius 2 is 2.33 bits per heavy atom. The summed E-state index contributed by atoms with van der Waals surface area (Å²) in [6.07, 6.45) is 1.76. The smallest absolute Gasteiger partial charge is 0.147 e. The molecule has 0 spiro atoms. The van der Waals surface area contributed by atoms with Gasteiger partial charge in [0.05, 0.1) is 5.02 Å². The minimum absolute atomic E-state index is 0.568. The van der Waals surface area contributed by atoms with Crippen LogP contribution in [0.1, 0.15) is 6.92 Å². The third-order valence-corrected chi connectivity index (χ3v) is 2.53. The van der Waals surface area contributed by atoms with Crippen LogP contribution in [-0.4, -0.2) is 32.2 Å². The second kappa shape index (κ2) is 5.93. The molecule has 0 aromatic carbocycles. The summed E-state index contributed by atoms with van der Waals surface area (Å²) in [7, 11) is 3.98. The van der Waals surface area contributed by atoms with Crippen molar-refractivity contribution in [2.75, 3.05) is 32.1 Å². The molecule has 1 N–H and O–H groups in total. The Kier molecular flexibility index (Phi) is 4.85. The molecular formula is C11H18ClN3. The van der Waals surface area contributed by atoms with Gasteiger partial charge in [-0.15, -0.1) is 0 Å². The molecule has 15 heavy (non-hydrogen) atoms. The fraction of sp³-hybridized carbons (Fsp3) is 0.545. The van der Waals surface area contributed by atoms with E-state index in [4.69, 9.17) is 11.6 Å². The van der Waals surface area contributed by atoms with Crippen LogP contribution in [0.4, 0.5) is 5.82 Å². The van der Waals surface area contributed by atoms with Crippen molar-refractivity contribution in [3.63, 3.8) is 0 Å². The van der Waals surface area contributed by atoms with Crippen molar-refractivity contribution in [1.82, 2.24) is 10.3 Å². The number of anilines is 1. The van der Waals surface area contributed by atoms with E-state index >= 15 is 0 Å². The summed E-state index contributed by atoms with van der Waals surface area (Å²) in [5, 5.41) is 3.86. The zero-order valence-electron chi connectivity index (χ0n) is 9.50. The molecule has 0 aliphatic carbocycles. The van der Waals surface area contributed by atoms with E-state index in [-0.39, 0.29) is 0 Å². The number of nitrogens with zero attached hydrogens (tertiary/aromatic N) is 2. The van der Waals surface area contributed by atoms with Crippen LogP contribution in [-0.2, 0) is 0 Å². The van der Waals surface area contributed by atoms with E-state index in [0.29, 0.717) is 10.9 Å². The zero-order chi connectivity index (χ0) is 11.3. The first-order chi connectivity index (χ1) is 7.15. The van der Waals surface area contributed by atoms with Gasteiger partial charge in [-0.3, -0.25) is 0 Å². The Morgan fingerprint density at radius 1 is 1.60 bits per heavy atom. The van der Waals surface area contributed by atoms with Crippen LogP contribution >= 0.6 is 11.6 Å². The third kappa shape index (κ3) is 3.68. The van der Waals surface area contributed by atoms with Crippen LogP contribution < -0.4 is 10.2 Å². The lowest BCUT2D eigenvalue weighted by Crippen LogP contribution is -2.30. The maximum Gasteiger partial charge on any atom is 0.147 e. The summed E-state index contributed by atoms with van der Waals surface area (Å²) in [4.78, 5) is 6.35. The fourth-order valence-electron chi connectivity index (χ4n) is 1.63. The molecule has 0 aliphatic heterocycles. The zero-order valence-corrected chi connectivity index (χ0v) is 10.3. The van der Waals surface area contributed by atoms with E-state index in [9.17, 15) is 0 Å². The Bertz CT molecular complexity index is 304. The van der Waals surface area contributed by atoms with Gasteiger partial charge in [-0.2, -0.15) is 0 Å². The lowest BCUT2D eigenvalue weighted by atomic mass is 10.1. The Balaban J connectivity index is 2.61. The molecule has 0 bridgehead atoms. The van der Waals surface area contributed by atoms with Gasteiger partial charge in [0.1, 0.15) is 5.82 Å². The van der Waals surface area contributed by atoms with Crippen LogP contribution in [0, 0.1) is 5.92 Å². The number of aromatic nitrogens is 1. The molecule has 1 rings (SSSR count). The van der Waals surface area contributed by atoms with Gasteiger partial charge in [0.2, 0.25) is 0 Å². The predicted octanol–water partition coefficient (Wildman–Crippen LogP) is 2.03. The maximum atomic E-state index is 6.06. The minimum Gasteiger partial charge on any atom is -0.358 e. The first-order valence-electron chi connectivity index (χ1n) is 5.11. The highest BCUT2D eigenvalue weighted by atomic mass is 35.5. The summed E-state index contributed by atoms with van der Waals surface area (Å²) < 4.78 is 0. The van der Waals surface area contributed by atoms with Gasteiger partial charge in [0, 0.05) is 19.8 Å². The summed E-state index contributed by atoms with van der Waals surface area (Å²) >= 11 is 6.06. The summed E-state index contributed by atoms with van der Waals surface area (Å²) in [6.45, 7) is 4.14. The molecule has 0 radical (unpaired) electrons. The van der Waals surface area contributed by atoms with Crippen molar-refractivity contribution in [2.24, 2.45) is 5.92 Å². The number of pyridine rings is 1. The standard InChI is InChI=1S/C11H18ClN3/c1-9(7-13-2)8-15(3)11-10(12)5-4-6-14-11/h4-6,9,13H,7-8H2,1-3H3. The van der Waals surface area contributed by atoms with Crippen LogP contribution in [0.2, 0.25) is 5.02 Å². The number of rotatable bonds is 5. The largest absolute Gasteiger partial charge is 0.358 e. The van der Waals surface area contributed by atoms with Crippen molar-refractivity contribution in [3.8, 4) is 0 Å². The number of hydrogen-bond donors (Lipinski definition) is 1.